The molecule has 2 rings (SSSR count). The summed E-state index contributed by atoms with van der Waals surface area (Å²) in [5, 5.41) is 6.73. The summed E-state index contributed by atoms with van der Waals surface area (Å²) >= 11 is 0. The Morgan fingerprint density at radius 1 is 1.20 bits per heavy atom. The first-order valence-corrected chi connectivity index (χ1v) is 7.63. The minimum absolute atomic E-state index is 0.182. The number of ether oxygens (including phenoxy) is 1. The number of hydrogen-bond donors (Lipinski definition) is 2. The zero-order valence-electron chi connectivity index (χ0n) is 13.0. The molecule has 5 nitrogen and oxygen atoms in total. The SMILES string of the molecule is CCNc1nc(C2CC2)nc(NCC(C)OCC)c1C. The number of aromatic nitrogens is 2. The van der Waals surface area contributed by atoms with Gasteiger partial charge in [-0.25, -0.2) is 9.97 Å². The standard InChI is InChI=1S/C15H26N4O/c1-5-16-13-11(4)14(17-9-10(3)20-6-2)19-15(18-13)12-7-8-12/h10,12H,5-9H2,1-4H3,(H2,16,17,18,19). The quantitative estimate of drug-likeness (QED) is 0.765. The molecule has 1 heterocycles. The summed E-state index contributed by atoms with van der Waals surface area (Å²) in [5.74, 6) is 3.41. The van der Waals surface area contributed by atoms with Gasteiger partial charge in [0.05, 0.1) is 6.10 Å². The van der Waals surface area contributed by atoms with E-state index in [0.717, 1.165) is 42.7 Å². The molecular weight excluding hydrogens is 252 g/mol. The molecule has 20 heavy (non-hydrogen) atoms. The normalized spacial score (nSPS) is 16.0. The minimum atomic E-state index is 0.182. The topological polar surface area (TPSA) is 59.1 Å². The smallest absolute Gasteiger partial charge is 0.136 e. The van der Waals surface area contributed by atoms with Crippen molar-refractivity contribution >= 4 is 11.6 Å². The Hall–Kier alpha value is -1.36. The van der Waals surface area contributed by atoms with E-state index in [1.54, 1.807) is 0 Å². The van der Waals surface area contributed by atoms with Gasteiger partial charge < -0.3 is 15.4 Å². The lowest BCUT2D eigenvalue weighted by atomic mass is 10.2. The Morgan fingerprint density at radius 2 is 1.85 bits per heavy atom. The Labute approximate surface area is 121 Å². The van der Waals surface area contributed by atoms with Gasteiger partial charge in [-0.2, -0.15) is 0 Å². The maximum atomic E-state index is 5.55. The first-order valence-electron chi connectivity index (χ1n) is 7.63. The van der Waals surface area contributed by atoms with Crippen LogP contribution in [0.1, 0.15) is 50.9 Å². The second-order valence-corrected chi connectivity index (χ2v) is 5.36. The molecule has 0 bridgehead atoms. The molecule has 0 aromatic carbocycles. The summed E-state index contributed by atoms with van der Waals surface area (Å²) in [6.45, 7) is 10.6. The van der Waals surface area contributed by atoms with Crippen LogP contribution in [-0.2, 0) is 4.74 Å². The highest BCUT2D eigenvalue weighted by molar-refractivity contribution is 5.57. The molecule has 0 saturated heterocycles. The molecular formula is C15H26N4O. The van der Waals surface area contributed by atoms with E-state index in [-0.39, 0.29) is 6.10 Å². The van der Waals surface area contributed by atoms with E-state index in [1.165, 1.54) is 12.8 Å². The second-order valence-electron chi connectivity index (χ2n) is 5.36. The number of hydrogen-bond acceptors (Lipinski definition) is 5. The highest BCUT2D eigenvalue weighted by Crippen LogP contribution is 2.39. The van der Waals surface area contributed by atoms with Gasteiger partial charge in [0.25, 0.3) is 0 Å². The molecule has 1 aliphatic carbocycles. The van der Waals surface area contributed by atoms with Gasteiger partial charge in [-0.05, 0) is 40.5 Å². The average molecular weight is 278 g/mol. The number of anilines is 2. The summed E-state index contributed by atoms with van der Waals surface area (Å²) in [6, 6.07) is 0. The van der Waals surface area contributed by atoms with Gasteiger partial charge >= 0.3 is 0 Å². The highest BCUT2D eigenvalue weighted by Gasteiger charge is 2.28. The maximum Gasteiger partial charge on any atom is 0.136 e. The van der Waals surface area contributed by atoms with Crippen LogP contribution < -0.4 is 10.6 Å². The molecule has 1 aromatic rings. The van der Waals surface area contributed by atoms with Crippen molar-refractivity contribution < 1.29 is 4.74 Å². The molecule has 1 atom stereocenters. The second kappa shape index (κ2) is 6.88. The molecule has 2 N–H and O–H groups in total. The summed E-state index contributed by atoms with van der Waals surface area (Å²) in [5.41, 5.74) is 1.08. The lowest BCUT2D eigenvalue weighted by Crippen LogP contribution is -2.21. The zero-order valence-corrected chi connectivity index (χ0v) is 13.0. The fourth-order valence-corrected chi connectivity index (χ4v) is 2.15. The molecule has 5 heteroatoms. The number of nitrogens with zero attached hydrogens (tertiary/aromatic N) is 2. The van der Waals surface area contributed by atoms with E-state index in [1.807, 2.05) is 6.92 Å². The van der Waals surface area contributed by atoms with Crippen molar-refractivity contribution in [2.24, 2.45) is 0 Å². The van der Waals surface area contributed by atoms with E-state index in [4.69, 9.17) is 9.72 Å². The Bertz CT molecular complexity index is 446. The predicted octanol–water partition coefficient (Wildman–Crippen LogP) is 2.93. The first kappa shape index (κ1) is 15.0. The molecule has 0 spiro atoms. The third-order valence-corrected chi connectivity index (χ3v) is 3.46. The molecule has 1 fully saturated rings. The van der Waals surface area contributed by atoms with Crippen LogP contribution in [0.25, 0.3) is 0 Å². The van der Waals surface area contributed by atoms with E-state index >= 15 is 0 Å². The summed E-state index contributed by atoms with van der Waals surface area (Å²) in [7, 11) is 0. The van der Waals surface area contributed by atoms with E-state index < -0.39 is 0 Å². The Morgan fingerprint density at radius 3 is 2.40 bits per heavy atom. The monoisotopic (exact) mass is 278 g/mol. The van der Waals surface area contributed by atoms with Gasteiger partial charge in [0.1, 0.15) is 17.5 Å². The fourth-order valence-electron chi connectivity index (χ4n) is 2.15. The van der Waals surface area contributed by atoms with Crippen LogP contribution in [0.2, 0.25) is 0 Å². The lowest BCUT2D eigenvalue weighted by molar-refractivity contribution is 0.0854. The van der Waals surface area contributed by atoms with Gasteiger partial charge in [-0.3, -0.25) is 0 Å². The van der Waals surface area contributed by atoms with Crippen LogP contribution in [0, 0.1) is 6.92 Å². The summed E-state index contributed by atoms with van der Waals surface area (Å²) in [6.07, 6.45) is 2.61. The number of nitrogens with one attached hydrogen (secondary N) is 2. The van der Waals surface area contributed by atoms with Crippen molar-refractivity contribution in [3.05, 3.63) is 11.4 Å². The molecule has 1 unspecified atom stereocenters. The van der Waals surface area contributed by atoms with Gasteiger partial charge in [0, 0.05) is 31.2 Å². The molecule has 0 radical (unpaired) electrons. The van der Waals surface area contributed by atoms with Gasteiger partial charge in [0.2, 0.25) is 0 Å². The van der Waals surface area contributed by atoms with Crippen LogP contribution in [0.15, 0.2) is 0 Å². The Kier molecular flexibility index (Phi) is 5.17. The van der Waals surface area contributed by atoms with Crippen molar-refractivity contribution in [2.75, 3.05) is 30.3 Å². The van der Waals surface area contributed by atoms with Gasteiger partial charge in [-0.1, -0.05) is 0 Å². The average Bonchev–Trinajstić information content (AvgIpc) is 3.24. The first-order chi connectivity index (χ1) is 9.65. The van der Waals surface area contributed by atoms with Gasteiger partial charge in [0.15, 0.2) is 0 Å². The zero-order chi connectivity index (χ0) is 14.5. The van der Waals surface area contributed by atoms with Gasteiger partial charge in [-0.15, -0.1) is 0 Å². The van der Waals surface area contributed by atoms with Crippen LogP contribution in [0.3, 0.4) is 0 Å². The number of rotatable bonds is 8. The third kappa shape index (κ3) is 3.82. The fraction of sp³-hybridized carbons (Fsp3) is 0.733. The largest absolute Gasteiger partial charge is 0.377 e. The van der Waals surface area contributed by atoms with Crippen molar-refractivity contribution in [1.82, 2.24) is 9.97 Å². The molecule has 0 aliphatic heterocycles. The van der Waals surface area contributed by atoms with Crippen molar-refractivity contribution in [3.8, 4) is 0 Å². The predicted molar refractivity (Wildman–Crippen MR) is 82.5 cm³/mol. The van der Waals surface area contributed by atoms with E-state index in [9.17, 15) is 0 Å². The maximum absolute atomic E-state index is 5.55. The van der Waals surface area contributed by atoms with E-state index in [2.05, 4.69) is 36.4 Å². The van der Waals surface area contributed by atoms with Crippen LogP contribution >= 0.6 is 0 Å². The molecule has 0 amide bonds. The van der Waals surface area contributed by atoms with Crippen LogP contribution in [-0.4, -0.2) is 35.8 Å². The van der Waals surface area contributed by atoms with Crippen molar-refractivity contribution in [3.63, 3.8) is 0 Å². The molecule has 1 aromatic heterocycles. The van der Waals surface area contributed by atoms with Crippen LogP contribution in [0.4, 0.5) is 11.6 Å². The van der Waals surface area contributed by atoms with E-state index in [0.29, 0.717) is 5.92 Å². The summed E-state index contributed by atoms with van der Waals surface area (Å²) < 4.78 is 5.55. The van der Waals surface area contributed by atoms with Crippen LogP contribution in [0.5, 0.6) is 0 Å². The van der Waals surface area contributed by atoms with Crippen molar-refractivity contribution in [2.45, 2.75) is 52.6 Å². The highest BCUT2D eigenvalue weighted by atomic mass is 16.5. The molecule has 1 aliphatic rings. The molecule has 1 saturated carbocycles. The lowest BCUT2D eigenvalue weighted by Gasteiger charge is -2.17. The third-order valence-electron chi connectivity index (χ3n) is 3.46. The molecule has 112 valence electrons. The Balaban J connectivity index is 2.12. The summed E-state index contributed by atoms with van der Waals surface area (Å²) in [4.78, 5) is 9.35. The van der Waals surface area contributed by atoms with Crippen molar-refractivity contribution in [1.29, 1.82) is 0 Å². The minimum Gasteiger partial charge on any atom is -0.377 e.